The predicted molar refractivity (Wildman–Crippen MR) is 89.8 cm³/mol. The predicted octanol–water partition coefficient (Wildman–Crippen LogP) is 4.17. The van der Waals surface area contributed by atoms with Crippen LogP contribution in [0.1, 0.15) is 41.5 Å². The molecule has 1 aromatic carbocycles. The van der Waals surface area contributed by atoms with Gasteiger partial charge in [-0.3, -0.25) is 0 Å². The van der Waals surface area contributed by atoms with Crippen molar-refractivity contribution in [2.75, 3.05) is 0 Å². The van der Waals surface area contributed by atoms with E-state index in [-0.39, 0.29) is 15.9 Å². The molecule has 0 aliphatic carbocycles. The maximum atomic E-state index is 12.1. The van der Waals surface area contributed by atoms with Crippen molar-refractivity contribution in [1.82, 2.24) is 0 Å². The fourth-order valence-electron chi connectivity index (χ4n) is 1.56. The van der Waals surface area contributed by atoms with Crippen molar-refractivity contribution in [3.63, 3.8) is 0 Å². The van der Waals surface area contributed by atoms with Gasteiger partial charge in [0.25, 0.3) is 0 Å². The first-order valence-corrected chi connectivity index (χ1v) is 8.62. The highest BCUT2D eigenvalue weighted by molar-refractivity contribution is 7.96. The highest BCUT2D eigenvalue weighted by Gasteiger charge is 2.23. The monoisotopic (exact) mass is 320 g/mol. The summed E-state index contributed by atoms with van der Waals surface area (Å²) >= 11 is 0. The molecule has 0 aliphatic rings. The molecule has 0 atom stereocenters. The lowest BCUT2D eigenvalue weighted by Gasteiger charge is -2.30. The molecule has 0 radical (unpaired) electrons. The Morgan fingerprint density at radius 1 is 1.05 bits per heavy atom. The van der Waals surface area contributed by atoms with Crippen molar-refractivity contribution in [2.45, 2.75) is 52.0 Å². The van der Waals surface area contributed by atoms with Crippen LogP contribution in [-0.4, -0.2) is 14.0 Å². The molecule has 0 aliphatic heterocycles. The first-order valence-electron chi connectivity index (χ1n) is 7.14. The summed E-state index contributed by atoms with van der Waals surface area (Å²) in [5.41, 5.74) is -0.614. The third kappa shape index (κ3) is 5.95. The first kappa shape index (κ1) is 18.3. The molecular formula is C18H24O3S. The van der Waals surface area contributed by atoms with Gasteiger partial charge in [-0.1, -0.05) is 44.9 Å². The Bertz CT molecular complexity index is 689. The molecule has 0 heterocycles. The molecule has 0 amide bonds. The maximum absolute atomic E-state index is 12.1. The lowest BCUT2D eigenvalue weighted by Crippen LogP contribution is -2.24. The molecule has 0 aromatic heterocycles. The van der Waals surface area contributed by atoms with Crippen LogP contribution in [-0.2, 0) is 14.6 Å². The highest BCUT2D eigenvalue weighted by Crippen LogP contribution is 2.29. The Hall–Kier alpha value is -1.73. The minimum Gasteiger partial charge on any atom is -0.491 e. The van der Waals surface area contributed by atoms with E-state index in [0.29, 0.717) is 5.76 Å². The van der Waals surface area contributed by atoms with Crippen molar-refractivity contribution in [1.29, 1.82) is 0 Å². The molecule has 120 valence electrons. The Balaban J connectivity index is 3.12. The van der Waals surface area contributed by atoms with Gasteiger partial charge in [0.1, 0.15) is 11.4 Å². The Kier molecular flexibility index (Phi) is 5.48. The molecule has 1 aromatic rings. The lowest BCUT2D eigenvalue weighted by molar-refractivity contribution is 0.0216. The number of benzene rings is 1. The SMILES string of the molecule is CC(C)(C)O/C(=C\C#CS(=O)(=O)c1ccccc1)C(C)(C)C. The normalized spacial score (nSPS) is 13.3. The molecule has 0 unspecified atom stereocenters. The van der Waals surface area contributed by atoms with Gasteiger partial charge in [0.2, 0.25) is 9.84 Å². The Morgan fingerprint density at radius 3 is 2.05 bits per heavy atom. The van der Waals surface area contributed by atoms with Crippen molar-refractivity contribution in [3.8, 4) is 11.2 Å². The van der Waals surface area contributed by atoms with Crippen LogP contribution in [0.4, 0.5) is 0 Å². The van der Waals surface area contributed by atoms with E-state index in [0.717, 1.165) is 0 Å². The van der Waals surface area contributed by atoms with E-state index in [2.05, 4.69) is 11.2 Å². The quantitative estimate of drug-likeness (QED) is 0.467. The number of sulfone groups is 1. The summed E-state index contributed by atoms with van der Waals surface area (Å²) in [5, 5.41) is 2.33. The number of ether oxygens (including phenoxy) is 1. The van der Waals surface area contributed by atoms with Gasteiger partial charge in [0.05, 0.1) is 4.90 Å². The average Bonchev–Trinajstić information content (AvgIpc) is 2.36. The number of allylic oxidation sites excluding steroid dienone is 2. The van der Waals surface area contributed by atoms with Crippen LogP contribution in [0.2, 0.25) is 0 Å². The third-order valence-electron chi connectivity index (χ3n) is 2.61. The van der Waals surface area contributed by atoms with E-state index in [1.165, 1.54) is 12.1 Å². The lowest BCUT2D eigenvalue weighted by atomic mass is 9.93. The van der Waals surface area contributed by atoms with Gasteiger partial charge in [-0.2, -0.15) is 0 Å². The van der Waals surface area contributed by atoms with Crippen LogP contribution in [0.15, 0.2) is 47.1 Å². The standard InChI is InChI=1S/C18H24O3S/c1-17(2,3)16(21-18(4,5)6)13-10-14-22(19,20)15-11-8-7-9-12-15/h7-9,11-13H,1-6H3/b16-13-. The molecule has 3 nitrogen and oxygen atoms in total. The second-order valence-electron chi connectivity index (χ2n) is 7.04. The number of hydrogen-bond acceptors (Lipinski definition) is 3. The second kappa shape index (κ2) is 6.58. The summed E-state index contributed by atoms with van der Waals surface area (Å²) in [6.07, 6.45) is 1.55. The van der Waals surface area contributed by atoms with Gasteiger partial charge < -0.3 is 4.74 Å². The smallest absolute Gasteiger partial charge is 0.245 e. The van der Waals surface area contributed by atoms with E-state index in [4.69, 9.17) is 4.74 Å². The summed E-state index contributed by atoms with van der Waals surface area (Å²) in [6.45, 7) is 11.8. The molecule has 22 heavy (non-hydrogen) atoms. The summed E-state index contributed by atoms with van der Waals surface area (Å²) in [5.74, 6) is 3.29. The van der Waals surface area contributed by atoms with E-state index in [1.807, 2.05) is 41.5 Å². The third-order valence-corrected chi connectivity index (χ3v) is 3.88. The van der Waals surface area contributed by atoms with Crippen LogP contribution in [0.5, 0.6) is 0 Å². The zero-order valence-corrected chi connectivity index (χ0v) is 14.9. The zero-order chi connectivity index (χ0) is 17.0. The van der Waals surface area contributed by atoms with Crippen molar-refractivity contribution in [3.05, 3.63) is 42.2 Å². The second-order valence-corrected chi connectivity index (χ2v) is 8.72. The molecule has 0 spiro atoms. The van der Waals surface area contributed by atoms with Gasteiger partial charge >= 0.3 is 0 Å². The van der Waals surface area contributed by atoms with Crippen LogP contribution in [0, 0.1) is 16.6 Å². The Morgan fingerprint density at radius 2 is 1.59 bits per heavy atom. The Labute approximate surface area is 134 Å². The van der Waals surface area contributed by atoms with Gasteiger partial charge in [0, 0.05) is 16.7 Å². The summed E-state index contributed by atoms with van der Waals surface area (Å²) < 4.78 is 30.1. The molecule has 0 bridgehead atoms. The molecule has 4 heteroatoms. The molecule has 1 rings (SSSR count). The van der Waals surface area contributed by atoms with E-state index < -0.39 is 9.84 Å². The van der Waals surface area contributed by atoms with E-state index >= 15 is 0 Å². The fraction of sp³-hybridized carbons (Fsp3) is 0.444. The minimum absolute atomic E-state index is 0.199. The van der Waals surface area contributed by atoms with Gasteiger partial charge in [-0.25, -0.2) is 8.42 Å². The molecule has 0 fully saturated rings. The topological polar surface area (TPSA) is 43.4 Å². The number of hydrogen-bond donors (Lipinski definition) is 0. The first-order chi connectivity index (χ1) is 9.92. The molecule has 0 saturated heterocycles. The fourth-order valence-corrected chi connectivity index (χ4v) is 2.41. The van der Waals surface area contributed by atoms with Gasteiger partial charge in [0.15, 0.2) is 0 Å². The molecule has 0 N–H and O–H groups in total. The van der Waals surface area contributed by atoms with Gasteiger partial charge in [-0.15, -0.1) is 0 Å². The van der Waals surface area contributed by atoms with Crippen molar-refractivity contribution < 1.29 is 13.2 Å². The van der Waals surface area contributed by atoms with Gasteiger partial charge in [-0.05, 0) is 32.9 Å². The zero-order valence-electron chi connectivity index (χ0n) is 14.1. The largest absolute Gasteiger partial charge is 0.491 e. The summed E-state index contributed by atoms with van der Waals surface area (Å²) in [6, 6.07) is 8.18. The van der Waals surface area contributed by atoms with E-state index in [9.17, 15) is 8.42 Å². The minimum atomic E-state index is -3.61. The maximum Gasteiger partial charge on any atom is 0.245 e. The van der Waals surface area contributed by atoms with Crippen LogP contribution >= 0.6 is 0 Å². The van der Waals surface area contributed by atoms with Crippen molar-refractivity contribution >= 4 is 9.84 Å². The van der Waals surface area contributed by atoms with Crippen LogP contribution in [0.25, 0.3) is 0 Å². The average molecular weight is 320 g/mol. The molecule has 0 saturated carbocycles. The van der Waals surface area contributed by atoms with Crippen molar-refractivity contribution in [2.24, 2.45) is 5.41 Å². The van der Waals surface area contributed by atoms with E-state index in [1.54, 1.807) is 24.3 Å². The molecular weight excluding hydrogens is 296 g/mol. The summed E-state index contributed by atoms with van der Waals surface area (Å²) in [7, 11) is -3.61. The van der Waals surface area contributed by atoms with Crippen LogP contribution in [0.3, 0.4) is 0 Å². The summed E-state index contributed by atoms with van der Waals surface area (Å²) in [4.78, 5) is 0.199. The van der Waals surface area contributed by atoms with Crippen LogP contribution < -0.4 is 0 Å². The highest BCUT2D eigenvalue weighted by atomic mass is 32.2. The number of rotatable bonds is 2.